The zero-order chi connectivity index (χ0) is 17.3. The molecule has 5 heteroatoms. The van der Waals surface area contributed by atoms with E-state index in [1.807, 2.05) is 61.5 Å². The van der Waals surface area contributed by atoms with Gasteiger partial charge >= 0.3 is 5.97 Å². The van der Waals surface area contributed by atoms with Gasteiger partial charge in [-0.1, -0.05) is 12.1 Å². The number of carbonyl (C=O) groups excluding carboxylic acids is 1. The Morgan fingerprint density at radius 3 is 2.33 bits per heavy atom. The van der Waals surface area contributed by atoms with Gasteiger partial charge in [-0.3, -0.25) is 0 Å². The summed E-state index contributed by atoms with van der Waals surface area (Å²) in [5.41, 5.74) is 2.70. The molecular weight excluding hydrogens is 322 g/mol. The Balaban J connectivity index is 2.20. The van der Waals surface area contributed by atoms with Gasteiger partial charge in [0.15, 0.2) is 0 Å². The SMILES string of the molecule is COC(=O)c1c(-c2ccc(N(C)C)cc2)sc2ccc(OC)cc12. The van der Waals surface area contributed by atoms with Gasteiger partial charge in [-0.15, -0.1) is 11.3 Å². The Kier molecular flexibility index (Phi) is 4.44. The minimum atomic E-state index is -0.332. The molecule has 4 nitrogen and oxygen atoms in total. The van der Waals surface area contributed by atoms with E-state index >= 15 is 0 Å². The maximum Gasteiger partial charge on any atom is 0.339 e. The summed E-state index contributed by atoms with van der Waals surface area (Å²) >= 11 is 1.58. The van der Waals surface area contributed by atoms with Crippen molar-refractivity contribution in [1.29, 1.82) is 0 Å². The predicted molar refractivity (Wildman–Crippen MR) is 99.5 cm³/mol. The van der Waals surface area contributed by atoms with E-state index in [9.17, 15) is 4.79 Å². The van der Waals surface area contributed by atoms with Crippen molar-refractivity contribution in [2.75, 3.05) is 33.2 Å². The van der Waals surface area contributed by atoms with Crippen LogP contribution in [-0.4, -0.2) is 34.3 Å². The van der Waals surface area contributed by atoms with Crippen LogP contribution in [0.25, 0.3) is 20.5 Å². The number of methoxy groups -OCH3 is 2. The van der Waals surface area contributed by atoms with Crippen molar-refractivity contribution in [2.24, 2.45) is 0 Å². The van der Waals surface area contributed by atoms with Gasteiger partial charge < -0.3 is 14.4 Å². The van der Waals surface area contributed by atoms with Crippen LogP contribution < -0.4 is 9.64 Å². The fourth-order valence-electron chi connectivity index (χ4n) is 2.62. The number of hydrogen-bond acceptors (Lipinski definition) is 5. The van der Waals surface area contributed by atoms with E-state index in [1.54, 1.807) is 18.4 Å². The average Bonchev–Trinajstić information content (AvgIpc) is 2.99. The molecule has 1 aromatic heterocycles. The molecule has 0 fully saturated rings. The normalized spacial score (nSPS) is 10.7. The van der Waals surface area contributed by atoms with Gasteiger partial charge in [0.1, 0.15) is 5.75 Å². The Morgan fingerprint density at radius 2 is 1.75 bits per heavy atom. The fraction of sp³-hybridized carbons (Fsp3) is 0.211. The first-order valence-electron chi connectivity index (χ1n) is 7.51. The molecule has 0 amide bonds. The summed E-state index contributed by atoms with van der Waals surface area (Å²) in [6.45, 7) is 0. The summed E-state index contributed by atoms with van der Waals surface area (Å²) in [6, 6.07) is 13.9. The number of carbonyl (C=O) groups is 1. The van der Waals surface area contributed by atoms with Gasteiger partial charge in [-0.2, -0.15) is 0 Å². The number of thiophene rings is 1. The summed E-state index contributed by atoms with van der Waals surface area (Å²) in [6.07, 6.45) is 0. The van der Waals surface area contributed by atoms with Crippen molar-refractivity contribution in [3.63, 3.8) is 0 Å². The third-order valence-corrected chi connectivity index (χ3v) is 5.15. The maximum atomic E-state index is 12.4. The molecule has 0 N–H and O–H groups in total. The van der Waals surface area contributed by atoms with Crippen molar-refractivity contribution < 1.29 is 14.3 Å². The van der Waals surface area contributed by atoms with Gasteiger partial charge in [-0.25, -0.2) is 4.79 Å². The third kappa shape index (κ3) is 2.83. The molecule has 0 atom stereocenters. The molecule has 2 aromatic carbocycles. The number of hydrogen-bond donors (Lipinski definition) is 0. The van der Waals surface area contributed by atoms with Crippen molar-refractivity contribution in [3.05, 3.63) is 48.0 Å². The second kappa shape index (κ2) is 6.53. The van der Waals surface area contributed by atoms with E-state index in [2.05, 4.69) is 0 Å². The van der Waals surface area contributed by atoms with Gasteiger partial charge in [-0.05, 0) is 35.9 Å². The van der Waals surface area contributed by atoms with Crippen LogP contribution in [0.4, 0.5) is 5.69 Å². The monoisotopic (exact) mass is 341 g/mol. The van der Waals surface area contributed by atoms with E-state index < -0.39 is 0 Å². The minimum Gasteiger partial charge on any atom is -0.497 e. The second-order valence-electron chi connectivity index (χ2n) is 5.60. The molecule has 3 aromatic rings. The fourth-order valence-corrected chi connectivity index (χ4v) is 3.80. The van der Waals surface area contributed by atoms with E-state index in [0.29, 0.717) is 5.56 Å². The highest BCUT2D eigenvalue weighted by atomic mass is 32.1. The van der Waals surface area contributed by atoms with Crippen LogP contribution in [0.15, 0.2) is 42.5 Å². The number of fused-ring (bicyclic) bond motifs is 1. The molecule has 0 aliphatic heterocycles. The topological polar surface area (TPSA) is 38.8 Å². The highest BCUT2D eigenvalue weighted by Crippen LogP contribution is 2.40. The van der Waals surface area contributed by atoms with Gasteiger partial charge in [0, 0.05) is 29.9 Å². The lowest BCUT2D eigenvalue weighted by molar-refractivity contribution is 0.0604. The van der Waals surface area contributed by atoms with E-state index in [1.165, 1.54) is 7.11 Å². The molecule has 0 saturated carbocycles. The standard InChI is InChI=1S/C19H19NO3S/c1-20(2)13-7-5-12(6-8-13)18-17(19(21)23-4)15-11-14(22-3)9-10-16(15)24-18/h5-11H,1-4H3. The summed E-state index contributed by atoms with van der Waals surface area (Å²) in [5, 5.41) is 0.859. The first-order valence-corrected chi connectivity index (χ1v) is 8.33. The Bertz CT molecular complexity index is 882. The summed E-state index contributed by atoms with van der Waals surface area (Å²) in [5.74, 6) is 0.390. The Labute approximate surface area is 145 Å². The molecule has 0 aliphatic rings. The lowest BCUT2D eigenvalue weighted by Crippen LogP contribution is -2.08. The first kappa shape index (κ1) is 16.3. The molecule has 0 aliphatic carbocycles. The maximum absolute atomic E-state index is 12.4. The molecule has 3 rings (SSSR count). The molecule has 24 heavy (non-hydrogen) atoms. The van der Waals surface area contributed by atoms with Crippen LogP contribution in [0.1, 0.15) is 10.4 Å². The molecule has 0 saturated heterocycles. The number of esters is 1. The van der Waals surface area contributed by atoms with Crippen molar-refractivity contribution >= 4 is 33.1 Å². The van der Waals surface area contributed by atoms with E-state index in [0.717, 1.165) is 32.0 Å². The zero-order valence-electron chi connectivity index (χ0n) is 14.1. The van der Waals surface area contributed by atoms with Crippen LogP contribution in [-0.2, 0) is 4.74 Å². The molecule has 124 valence electrons. The van der Waals surface area contributed by atoms with E-state index in [-0.39, 0.29) is 5.97 Å². The Morgan fingerprint density at radius 1 is 1.04 bits per heavy atom. The molecular formula is C19H19NO3S. The molecule has 0 unspecified atom stereocenters. The number of benzene rings is 2. The van der Waals surface area contributed by atoms with Gasteiger partial charge in [0.2, 0.25) is 0 Å². The first-order chi connectivity index (χ1) is 11.5. The number of ether oxygens (including phenoxy) is 2. The number of anilines is 1. The van der Waals surface area contributed by atoms with Crippen LogP contribution in [0.3, 0.4) is 0 Å². The van der Waals surface area contributed by atoms with Crippen LogP contribution >= 0.6 is 11.3 Å². The van der Waals surface area contributed by atoms with Gasteiger partial charge in [0.25, 0.3) is 0 Å². The predicted octanol–water partition coefficient (Wildman–Crippen LogP) is 4.43. The number of rotatable bonds is 4. The number of nitrogens with zero attached hydrogens (tertiary/aromatic N) is 1. The second-order valence-corrected chi connectivity index (χ2v) is 6.65. The summed E-state index contributed by atoms with van der Waals surface area (Å²) < 4.78 is 11.3. The van der Waals surface area contributed by atoms with Crippen molar-refractivity contribution in [2.45, 2.75) is 0 Å². The lowest BCUT2D eigenvalue weighted by Gasteiger charge is -2.12. The van der Waals surface area contributed by atoms with Crippen LogP contribution in [0.2, 0.25) is 0 Å². The van der Waals surface area contributed by atoms with Crippen molar-refractivity contribution in [3.8, 4) is 16.2 Å². The third-order valence-electron chi connectivity index (χ3n) is 3.93. The smallest absolute Gasteiger partial charge is 0.339 e. The van der Waals surface area contributed by atoms with Gasteiger partial charge in [0.05, 0.1) is 24.7 Å². The molecule has 0 spiro atoms. The lowest BCUT2D eigenvalue weighted by atomic mass is 10.1. The van der Waals surface area contributed by atoms with Crippen LogP contribution in [0, 0.1) is 0 Å². The largest absolute Gasteiger partial charge is 0.497 e. The molecule has 1 heterocycles. The quantitative estimate of drug-likeness (QED) is 0.658. The van der Waals surface area contributed by atoms with E-state index in [4.69, 9.17) is 9.47 Å². The average molecular weight is 341 g/mol. The summed E-state index contributed by atoms with van der Waals surface area (Å²) in [7, 11) is 7.03. The van der Waals surface area contributed by atoms with Crippen molar-refractivity contribution in [1.82, 2.24) is 0 Å². The Hall–Kier alpha value is -2.53. The highest BCUT2D eigenvalue weighted by molar-refractivity contribution is 7.22. The minimum absolute atomic E-state index is 0.332. The van der Waals surface area contributed by atoms with Crippen LogP contribution in [0.5, 0.6) is 5.75 Å². The molecule has 0 radical (unpaired) electrons. The summed E-state index contributed by atoms with van der Waals surface area (Å²) in [4.78, 5) is 15.3. The zero-order valence-corrected chi connectivity index (χ0v) is 14.9. The highest BCUT2D eigenvalue weighted by Gasteiger charge is 2.21. The molecule has 0 bridgehead atoms.